The molecular weight excluding hydrogens is 294 g/mol. The van der Waals surface area contributed by atoms with Gasteiger partial charge in [-0.25, -0.2) is 8.42 Å². The van der Waals surface area contributed by atoms with Crippen LogP contribution in [0.4, 0.5) is 5.82 Å². The molecule has 0 aliphatic rings. The van der Waals surface area contributed by atoms with E-state index in [-0.39, 0.29) is 15.2 Å². The molecule has 0 aliphatic carbocycles. The van der Waals surface area contributed by atoms with Gasteiger partial charge in [0.1, 0.15) is 4.21 Å². The average Bonchev–Trinajstić information content (AvgIpc) is 2.81. The monoisotopic (exact) mass is 303 g/mol. The number of thiophene rings is 1. The number of nitrogens with one attached hydrogen (secondary N) is 1. The van der Waals surface area contributed by atoms with Crippen LogP contribution in [0.25, 0.3) is 0 Å². The Morgan fingerprint density at radius 2 is 2.06 bits per heavy atom. The molecule has 0 saturated carbocycles. The lowest BCUT2D eigenvalue weighted by molar-refractivity contribution is 0.603. The van der Waals surface area contributed by atoms with Crippen molar-refractivity contribution in [3.05, 3.63) is 34.3 Å². The number of aromatic nitrogens is 2. The third-order valence-corrected chi connectivity index (χ3v) is 5.40. The topological polar surface area (TPSA) is 72.0 Å². The van der Waals surface area contributed by atoms with Crippen molar-refractivity contribution < 1.29 is 8.42 Å². The summed E-state index contributed by atoms with van der Waals surface area (Å²) in [4.78, 5) is 1.01. The highest BCUT2D eigenvalue weighted by atomic mass is 35.5. The summed E-state index contributed by atoms with van der Waals surface area (Å²) < 4.78 is 26.6. The van der Waals surface area contributed by atoms with Gasteiger partial charge in [0.2, 0.25) is 0 Å². The first kappa shape index (κ1) is 13.3. The van der Waals surface area contributed by atoms with Crippen LogP contribution in [0.5, 0.6) is 0 Å². The Balaban J connectivity index is 2.24. The summed E-state index contributed by atoms with van der Waals surface area (Å²) in [6.07, 6.45) is 0.806. The molecule has 0 amide bonds. The first-order chi connectivity index (χ1) is 8.51. The number of rotatable bonds is 4. The van der Waals surface area contributed by atoms with Gasteiger partial charge >= 0.3 is 0 Å². The van der Waals surface area contributed by atoms with Crippen LogP contribution in [0.3, 0.4) is 0 Å². The molecular formula is C10H10ClN3O2S2. The van der Waals surface area contributed by atoms with E-state index in [1.54, 1.807) is 12.1 Å². The van der Waals surface area contributed by atoms with Crippen LogP contribution in [0.1, 0.15) is 11.8 Å². The SMILES string of the molecule is CCc1ccc(S(=O)(=O)Nc2ccc(Cl)nn2)s1. The summed E-state index contributed by atoms with van der Waals surface area (Å²) in [5.41, 5.74) is 0. The number of hydrogen-bond acceptors (Lipinski definition) is 5. The fraction of sp³-hybridized carbons (Fsp3) is 0.200. The van der Waals surface area contributed by atoms with Crippen LogP contribution in [-0.2, 0) is 16.4 Å². The van der Waals surface area contributed by atoms with E-state index in [9.17, 15) is 8.42 Å². The molecule has 0 aliphatic heterocycles. The van der Waals surface area contributed by atoms with Crippen molar-refractivity contribution in [2.24, 2.45) is 0 Å². The molecule has 1 N–H and O–H groups in total. The molecule has 0 saturated heterocycles. The van der Waals surface area contributed by atoms with E-state index in [1.165, 1.54) is 23.5 Å². The van der Waals surface area contributed by atoms with E-state index in [4.69, 9.17) is 11.6 Å². The molecule has 2 aromatic heterocycles. The maximum Gasteiger partial charge on any atom is 0.272 e. The Kier molecular flexibility index (Phi) is 3.84. The second-order valence-electron chi connectivity index (χ2n) is 3.42. The third-order valence-electron chi connectivity index (χ3n) is 2.12. The van der Waals surface area contributed by atoms with Crippen LogP contribution in [-0.4, -0.2) is 18.6 Å². The Morgan fingerprint density at radius 1 is 1.28 bits per heavy atom. The van der Waals surface area contributed by atoms with Gasteiger partial charge in [-0.05, 0) is 30.7 Å². The van der Waals surface area contributed by atoms with Crippen molar-refractivity contribution >= 4 is 38.8 Å². The molecule has 96 valence electrons. The largest absolute Gasteiger partial charge is 0.272 e. The number of hydrogen-bond donors (Lipinski definition) is 1. The molecule has 0 aromatic carbocycles. The van der Waals surface area contributed by atoms with Gasteiger partial charge in [-0.3, -0.25) is 4.72 Å². The Morgan fingerprint density at radius 3 is 2.61 bits per heavy atom. The van der Waals surface area contributed by atoms with Gasteiger partial charge in [0, 0.05) is 4.88 Å². The lowest BCUT2D eigenvalue weighted by Crippen LogP contribution is -2.12. The normalized spacial score (nSPS) is 11.4. The second kappa shape index (κ2) is 5.21. The van der Waals surface area contributed by atoms with Crippen molar-refractivity contribution in [1.82, 2.24) is 10.2 Å². The maximum atomic E-state index is 12.0. The summed E-state index contributed by atoms with van der Waals surface area (Å²) in [5, 5.41) is 7.43. The predicted molar refractivity (Wildman–Crippen MR) is 71.5 cm³/mol. The van der Waals surface area contributed by atoms with Crippen molar-refractivity contribution in [3.8, 4) is 0 Å². The van der Waals surface area contributed by atoms with Gasteiger partial charge in [0.25, 0.3) is 10.0 Å². The molecule has 5 nitrogen and oxygen atoms in total. The van der Waals surface area contributed by atoms with E-state index in [0.29, 0.717) is 0 Å². The quantitative estimate of drug-likeness (QED) is 0.942. The number of aryl methyl sites for hydroxylation is 1. The molecule has 18 heavy (non-hydrogen) atoms. The van der Waals surface area contributed by atoms with Crippen LogP contribution in [0.2, 0.25) is 5.15 Å². The molecule has 8 heteroatoms. The summed E-state index contributed by atoms with van der Waals surface area (Å²) in [6.45, 7) is 1.97. The lowest BCUT2D eigenvalue weighted by Gasteiger charge is -2.03. The summed E-state index contributed by atoms with van der Waals surface area (Å²) in [7, 11) is -3.59. The fourth-order valence-corrected chi connectivity index (χ4v) is 3.64. The summed E-state index contributed by atoms with van der Waals surface area (Å²) >= 11 is 6.81. The van der Waals surface area contributed by atoms with Gasteiger partial charge < -0.3 is 0 Å². The van der Waals surface area contributed by atoms with E-state index in [0.717, 1.165) is 11.3 Å². The van der Waals surface area contributed by atoms with Crippen LogP contribution in [0, 0.1) is 0 Å². The molecule has 0 bridgehead atoms. The van der Waals surface area contributed by atoms with Gasteiger partial charge in [-0.2, -0.15) is 0 Å². The maximum absolute atomic E-state index is 12.0. The number of halogens is 1. The molecule has 2 rings (SSSR count). The minimum atomic E-state index is -3.59. The summed E-state index contributed by atoms with van der Waals surface area (Å²) in [5.74, 6) is 0.144. The van der Waals surface area contributed by atoms with Crippen molar-refractivity contribution in [1.29, 1.82) is 0 Å². The van der Waals surface area contributed by atoms with Gasteiger partial charge in [0.05, 0.1) is 0 Å². The molecule has 0 unspecified atom stereocenters. The van der Waals surface area contributed by atoms with Gasteiger partial charge in [-0.1, -0.05) is 18.5 Å². The van der Waals surface area contributed by atoms with E-state index in [2.05, 4.69) is 14.9 Å². The second-order valence-corrected chi connectivity index (χ2v) is 6.89. The van der Waals surface area contributed by atoms with Crippen molar-refractivity contribution in [3.63, 3.8) is 0 Å². The van der Waals surface area contributed by atoms with E-state index < -0.39 is 10.0 Å². The summed E-state index contributed by atoms with van der Waals surface area (Å²) in [6, 6.07) is 6.31. The highest BCUT2D eigenvalue weighted by Crippen LogP contribution is 2.23. The van der Waals surface area contributed by atoms with Gasteiger partial charge in [0.15, 0.2) is 11.0 Å². The predicted octanol–water partition coefficient (Wildman–Crippen LogP) is 2.55. The first-order valence-electron chi connectivity index (χ1n) is 5.12. The zero-order valence-corrected chi connectivity index (χ0v) is 11.8. The molecule has 0 atom stereocenters. The third kappa shape index (κ3) is 2.98. The van der Waals surface area contributed by atoms with E-state index >= 15 is 0 Å². The Bertz CT molecular complexity index is 637. The first-order valence-corrected chi connectivity index (χ1v) is 7.80. The zero-order chi connectivity index (χ0) is 13.2. The fourth-order valence-electron chi connectivity index (χ4n) is 1.25. The Hall–Kier alpha value is -1.18. The molecule has 0 spiro atoms. The molecule has 2 aromatic rings. The molecule has 0 radical (unpaired) electrons. The zero-order valence-electron chi connectivity index (χ0n) is 9.42. The molecule has 0 fully saturated rings. The average molecular weight is 304 g/mol. The minimum Gasteiger partial charge on any atom is -0.261 e. The minimum absolute atomic E-state index is 0.144. The highest BCUT2D eigenvalue weighted by molar-refractivity contribution is 7.94. The number of anilines is 1. The van der Waals surface area contributed by atoms with Crippen LogP contribution in [0.15, 0.2) is 28.5 Å². The lowest BCUT2D eigenvalue weighted by atomic mass is 10.4. The van der Waals surface area contributed by atoms with E-state index in [1.807, 2.05) is 6.92 Å². The van der Waals surface area contributed by atoms with Crippen molar-refractivity contribution in [2.75, 3.05) is 4.72 Å². The standard InChI is InChI=1S/C10H10ClN3O2S2/c1-2-7-3-6-10(17-7)18(15,16)14-9-5-4-8(11)12-13-9/h3-6H,2H2,1H3,(H,13,14). The van der Waals surface area contributed by atoms with Crippen LogP contribution >= 0.6 is 22.9 Å². The van der Waals surface area contributed by atoms with Crippen LogP contribution < -0.4 is 4.72 Å². The number of nitrogens with zero attached hydrogens (tertiary/aromatic N) is 2. The number of sulfonamides is 1. The smallest absolute Gasteiger partial charge is 0.261 e. The molecule has 2 heterocycles. The van der Waals surface area contributed by atoms with Crippen molar-refractivity contribution in [2.45, 2.75) is 17.6 Å². The van der Waals surface area contributed by atoms with Gasteiger partial charge in [-0.15, -0.1) is 21.5 Å². The highest BCUT2D eigenvalue weighted by Gasteiger charge is 2.17. The Labute approximate surface area is 114 Å².